The number of hydrogen-bond donors (Lipinski definition) is 0. The van der Waals surface area contributed by atoms with E-state index in [1.54, 1.807) is 0 Å². The fourth-order valence-corrected chi connectivity index (χ4v) is 4.45. The van der Waals surface area contributed by atoms with E-state index in [0.717, 1.165) is 0 Å². The van der Waals surface area contributed by atoms with E-state index in [9.17, 15) is 0 Å². The largest absolute Gasteiger partial charge is 0.342 e. The molecule has 0 atom stereocenters. The Bertz CT molecular complexity index is 694. The molecule has 16 heavy (non-hydrogen) atoms. The molecule has 0 amide bonds. The van der Waals surface area contributed by atoms with Crippen LogP contribution in [0.1, 0.15) is 16.7 Å². The van der Waals surface area contributed by atoms with Gasteiger partial charge in [-0.2, -0.15) is 0 Å². The zero-order chi connectivity index (χ0) is 11.3. The standard InChI is InChI=1S/C13H13NS2/c1-4-5-9-7-11-13(16-9)12-10(14(11)3)6-8(2)15-12/h4-7H,1-3H3/b5-4+. The van der Waals surface area contributed by atoms with Gasteiger partial charge in [0, 0.05) is 16.8 Å². The van der Waals surface area contributed by atoms with Crippen molar-refractivity contribution in [2.75, 3.05) is 0 Å². The molecule has 0 unspecified atom stereocenters. The minimum Gasteiger partial charge on any atom is -0.342 e. The van der Waals surface area contributed by atoms with E-state index < -0.39 is 0 Å². The highest BCUT2D eigenvalue weighted by Crippen LogP contribution is 2.39. The van der Waals surface area contributed by atoms with Crippen LogP contribution in [0.15, 0.2) is 18.2 Å². The van der Waals surface area contributed by atoms with Gasteiger partial charge in [0.2, 0.25) is 0 Å². The van der Waals surface area contributed by atoms with Crippen molar-refractivity contribution in [1.29, 1.82) is 0 Å². The monoisotopic (exact) mass is 247 g/mol. The maximum absolute atomic E-state index is 2.30. The molecule has 3 aromatic rings. The van der Waals surface area contributed by atoms with Crippen LogP contribution >= 0.6 is 22.7 Å². The summed E-state index contributed by atoms with van der Waals surface area (Å²) in [4.78, 5) is 2.74. The lowest BCUT2D eigenvalue weighted by atomic mass is 10.4. The van der Waals surface area contributed by atoms with Crippen molar-refractivity contribution in [2.24, 2.45) is 7.05 Å². The minimum atomic E-state index is 1.34. The summed E-state index contributed by atoms with van der Waals surface area (Å²) in [7, 11) is 2.16. The van der Waals surface area contributed by atoms with Gasteiger partial charge in [-0.25, -0.2) is 0 Å². The molecule has 0 aliphatic rings. The Kier molecular flexibility index (Phi) is 2.19. The Morgan fingerprint density at radius 3 is 2.56 bits per heavy atom. The van der Waals surface area contributed by atoms with Gasteiger partial charge < -0.3 is 4.57 Å². The average Bonchev–Trinajstić information content (AvgIpc) is 2.85. The van der Waals surface area contributed by atoms with Gasteiger partial charge in [0.1, 0.15) is 0 Å². The van der Waals surface area contributed by atoms with Crippen molar-refractivity contribution in [1.82, 2.24) is 4.57 Å². The fourth-order valence-electron chi connectivity index (χ4n) is 2.10. The van der Waals surface area contributed by atoms with Crippen molar-refractivity contribution >= 4 is 49.2 Å². The molecule has 0 aliphatic heterocycles. The third-order valence-electron chi connectivity index (χ3n) is 2.83. The highest BCUT2D eigenvalue weighted by Gasteiger charge is 2.13. The first-order valence-corrected chi connectivity index (χ1v) is 6.95. The van der Waals surface area contributed by atoms with Crippen LogP contribution in [0.2, 0.25) is 0 Å². The van der Waals surface area contributed by atoms with Crippen LogP contribution in [0.5, 0.6) is 0 Å². The maximum atomic E-state index is 2.30. The van der Waals surface area contributed by atoms with Crippen LogP contribution in [-0.2, 0) is 7.05 Å². The van der Waals surface area contributed by atoms with Crippen LogP contribution in [-0.4, -0.2) is 4.57 Å². The van der Waals surface area contributed by atoms with Crippen LogP contribution in [0.3, 0.4) is 0 Å². The van der Waals surface area contributed by atoms with Crippen molar-refractivity contribution < 1.29 is 0 Å². The van der Waals surface area contributed by atoms with E-state index in [1.807, 2.05) is 22.7 Å². The average molecular weight is 247 g/mol. The normalized spacial score (nSPS) is 12.4. The SMILES string of the molecule is C/C=C/c1cc2c(s1)c1sc(C)cc1n2C. The van der Waals surface area contributed by atoms with Gasteiger partial charge >= 0.3 is 0 Å². The molecule has 82 valence electrons. The highest BCUT2D eigenvalue weighted by molar-refractivity contribution is 7.27. The number of aryl methyl sites for hydroxylation is 2. The van der Waals surface area contributed by atoms with E-state index in [2.05, 4.69) is 49.7 Å². The molecule has 0 saturated carbocycles. The van der Waals surface area contributed by atoms with Crippen molar-refractivity contribution in [3.05, 3.63) is 28.0 Å². The number of nitrogens with zero attached hydrogens (tertiary/aromatic N) is 1. The summed E-state index contributed by atoms with van der Waals surface area (Å²) in [6.45, 7) is 4.24. The van der Waals surface area contributed by atoms with Crippen LogP contribution in [0.25, 0.3) is 26.5 Å². The summed E-state index contributed by atoms with van der Waals surface area (Å²) in [6, 6.07) is 4.56. The summed E-state index contributed by atoms with van der Waals surface area (Å²) in [5.41, 5.74) is 2.73. The topological polar surface area (TPSA) is 4.93 Å². The molecule has 0 bridgehead atoms. The minimum absolute atomic E-state index is 1.34. The molecule has 1 nitrogen and oxygen atoms in total. The van der Waals surface area contributed by atoms with Gasteiger partial charge in [-0.3, -0.25) is 0 Å². The molecule has 3 heteroatoms. The predicted molar refractivity (Wildman–Crippen MR) is 75.6 cm³/mol. The van der Waals surface area contributed by atoms with E-state index in [0.29, 0.717) is 0 Å². The molecule has 3 aromatic heterocycles. The Morgan fingerprint density at radius 1 is 1.12 bits per heavy atom. The third-order valence-corrected chi connectivity index (χ3v) is 5.12. The summed E-state index contributed by atoms with van der Waals surface area (Å²) < 4.78 is 5.18. The Labute approximate surface area is 103 Å². The lowest BCUT2D eigenvalue weighted by Crippen LogP contribution is -1.83. The Balaban J connectivity index is 2.42. The molecule has 0 N–H and O–H groups in total. The van der Waals surface area contributed by atoms with Gasteiger partial charge in [-0.1, -0.05) is 6.08 Å². The Morgan fingerprint density at radius 2 is 1.81 bits per heavy atom. The summed E-state index contributed by atoms with van der Waals surface area (Å²) >= 11 is 3.79. The Hall–Kier alpha value is -1.06. The van der Waals surface area contributed by atoms with E-state index in [-0.39, 0.29) is 0 Å². The fraction of sp³-hybridized carbons (Fsp3) is 0.231. The second kappa shape index (κ2) is 3.47. The van der Waals surface area contributed by atoms with Crippen LogP contribution in [0, 0.1) is 6.92 Å². The third kappa shape index (κ3) is 1.28. The number of thiophene rings is 2. The molecule has 3 rings (SSSR count). The molecular weight excluding hydrogens is 234 g/mol. The second-order valence-corrected chi connectivity index (χ2v) is 6.33. The maximum Gasteiger partial charge on any atom is 0.0707 e. The zero-order valence-electron chi connectivity index (χ0n) is 9.57. The lowest BCUT2D eigenvalue weighted by Gasteiger charge is -1.92. The smallest absolute Gasteiger partial charge is 0.0707 e. The number of rotatable bonds is 1. The predicted octanol–water partition coefficient (Wildman–Crippen LogP) is 4.80. The van der Waals surface area contributed by atoms with Gasteiger partial charge in [-0.05, 0) is 32.1 Å². The summed E-state index contributed by atoms with van der Waals surface area (Å²) in [5.74, 6) is 0. The number of aromatic nitrogens is 1. The second-order valence-electron chi connectivity index (χ2n) is 3.99. The summed E-state index contributed by atoms with van der Waals surface area (Å²) in [6.07, 6.45) is 4.28. The first kappa shape index (κ1) is 10.1. The quantitative estimate of drug-likeness (QED) is 0.582. The van der Waals surface area contributed by atoms with Crippen molar-refractivity contribution in [3.8, 4) is 0 Å². The first-order valence-electron chi connectivity index (χ1n) is 5.31. The molecule has 0 spiro atoms. The highest BCUT2D eigenvalue weighted by atomic mass is 32.1. The lowest BCUT2D eigenvalue weighted by molar-refractivity contribution is 1.02. The van der Waals surface area contributed by atoms with Crippen LogP contribution in [0.4, 0.5) is 0 Å². The summed E-state index contributed by atoms with van der Waals surface area (Å²) in [5, 5.41) is 0. The van der Waals surface area contributed by atoms with E-state index in [4.69, 9.17) is 0 Å². The molecule has 0 aromatic carbocycles. The molecule has 0 fully saturated rings. The van der Waals surface area contributed by atoms with Crippen molar-refractivity contribution in [3.63, 3.8) is 0 Å². The van der Waals surface area contributed by atoms with Gasteiger partial charge in [-0.15, -0.1) is 22.7 Å². The first-order chi connectivity index (χ1) is 7.70. The van der Waals surface area contributed by atoms with E-state index in [1.165, 1.54) is 30.2 Å². The number of fused-ring (bicyclic) bond motifs is 3. The molecule has 0 saturated heterocycles. The molecular formula is C13H13NS2. The molecule has 0 radical (unpaired) electrons. The van der Waals surface area contributed by atoms with Crippen LogP contribution < -0.4 is 0 Å². The van der Waals surface area contributed by atoms with Crippen molar-refractivity contribution in [2.45, 2.75) is 13.8 Å². The number of hydrogen-bond acceptors (Lipinski definition) is 2. The van der Waals surface area contributed by atoms with Gasteiger partial charge in [0.15, 0.2) is 0 Å². The molecule has 0 aliphatic carbocycles. The van der Waals surface area contributed by atoms with Gasteiger partial charge in [0.05, 0.1) is 20.4 Å². The number of allylic oxidation sites excluding steroid dienone is 1. The van der Waals surface area contributed by atoms with E-state index >= 15 is 0 Å². The van der Waals surface area contributed by atoms with Gasteiger partial charge in [0.25, 0.3) is 0 Å². The molecule has 3 heterocycles. The zero-order valence-corrected chi connectivity index (χ0v) is 11.2.